The second-order valence-electron chi connectivity index (χ2n) is 6.45. The SMILES string of the molecule is Cc1c(C(=O)N2CCCNC(=O)C2Cc2ccccc2)sc2nccn12. The summed E-state index contributed by atoms with van der Waals surface area (Å²) in [6, 6.07) is 9.34. The van der Waals surface area contributed by atoms with Crippen LogP contribution in [0.4, 0.5) is 0 Å². The molecule has 3 aromatic rings. The number of thiazole rings is 1. The number of carbonyl (C=O) groups is 2. The largest absolute Gasteiger partial charge is 0.354 e. The third-order valence-corrected chi connectivity index (χ3v) is 5.93. The number of hydrogen-bond acceptors (Lipinski definition) is 4. The van der Waals surface area contributed by atoms with Gasteiger partial charge in [-0.15, -0.1) is 0 Å². The molecule has 0 spiro atoms. The standard InChI is InChI=1S/C19H20N4O2S/c1-13-16(26-19-21-9-11-22(13)19)18(25)23-10-5-8-20-17(24)15(23)12-14-6-3-2-4-7-14/h2-4,6-7,9,11,15H,5,8,10,12H2,1H3,(H,20,24). The lowest BCUT2D eigenvalue weighted by Crippen LogP contribution is -2.48. The first-order valence-corrected chi connectivity index (χ1v) is 9.52. The van der Waals surface area contributed by atoms with E-state index in [1.165, 1.54) is 11.3 Å². The van der Waals surface area contributed by atoms with Crippen molar-refractivity contribution in [3.8, 4) is 0 Å². The predicted molar refractivity (Wildman–Crippen MR) is 100 cm³/mol. The molecule has 1 unspecified atom stereocenters. The Kier molecular flexibility index (Phi) is 4.46. The van der Waals surface area contributed by atoms with Crippen LogP contribution in [-0.4, -0.2) is 45.2 Å². The predicted octanol–water partition coefficient (Wildman–Crippen LogP) is 2.28. The molecule has 1 saturated heterocycles. The number of aromatic nitrogens is 2. The summed E-state index contributed by atoms with van der Waals surface area (Å²) < 4.78 is 1.92. The normalized spacial score (nSPS) is 18.0. The summed E-state index contributed by atoms with van der Waals surface area (Å²) in [6.07, 6.45) is 4.85. The van der Waals surface area contributed by atoms with Gasteiger partial charge in [0.1, 0.15) is 10.9 Å². The maximum Gasteiger partial charge on any atom is 0.266 e. The van der Waals surface area contributed by atoms with Crippen molar-refractivity contribution in [2.45, 2.75) is 25.8 Å². The highest BCUT2D eigenvalue weighted by Gasteiger charge is 2.34. The van der Waals surface area contributed by atoms with Crippen LogP contribution in [-0.2, 0) is 11.2 Å². The van der Waals surface area contributed by atoms with E-state index in [1.54, 1.807) is 11.1 Å². The molecule has 0 saturated carbocycles. The summed E-state index contributed by atoms with van der Waals surface area (Å²) in [6.45, 7) is 3.08. The lowest BCUT2D eigenvalue weighted by molar-refractivity contribution is -0.124. The van der Waals surface area contributed by atoms with Crippen molar-refractivity contribution < 1.29 is 9.59 Å². The Morgan fingerprint density at radius 3 is 2.92 bits per heavy atom. The highest BCUT2D eigenvalue weighted by molar-refractivity contribution is 7.19. The molecule has 1 aromatic carbocycles. The van der Waals surface area contributed by atoms with E-state index in [0.29, 0.717) is 24.4 Å². The number of imidazole rings is 1. The van der Waals surface area contributed by atoms with Crippen LogP contribution >= 0.6 is 11.3 Å². The summed E-state index contributed by atoms with van der Waals surface area (Å²) >= 11 is 1.38. The first-order valence-electron chi connectivity index (χ1n) is 8.70. The molecule has 2 amide bonds. The zero-order chi connectivity index (χ0) is 18.1. The van der Waals surface area contributed by atoms with E-state index in [-0.39, 0.29) is 11.8 Å². The summed E-state index contributed by atoms with van der Waals surface area (Å²) in [5.74, 6) is -0.172. The van der Waals surface area contributed by atoms with Crippen molar-refractivity contribution >= 4 is 28.1 Å². The topological polar surface area (TPSA) is 66.7 Å². The molecule has 0 radical (unpaired) electrons. The first kappa shape index (κ1) is 16.8. The van der Waals surface area contributed by atoms with Crippen LogP contribution in [0.3, 0.4) is 0 Å². The molecule has 1 aliphatic heterocycles. The number of benzene rings is 1. The molecule has 0 aliphatic carbocycles. The second-order valence-corrected chi connectivity index (χ2v) is 7.42. The molecule has 26 heavy (non-hydrogen) atoms. The van der Waals surface area contributed by atoms with E-state index in [1.807, 2.05) is 47.9 Å². The number of nitrogens with zero attached hydrogens (tertiary/aromatic N) is 3. The van der Waals surface area contributed by atoms with E-state index in [9.17, 15) is 9.59 Å². The number of hydrogen-bond donors (Lipinski definition) is 1. The van der Waals surface area contributed by atoms with Gasteiger partial charge in [0.15, 0.2) is 4.96 Å². The molecule has 2 aromatic heterocycles. The van der Waals surface area contributed by atoms with Gasteiger partial charge < -0.3 is 10.2 Å². The zero-order valence-corrected chi connectivity index (χ0v) is 15.3. The molecular weight excluding hydrogens is 348 g/mol. The number of carbonyl (C=O) groups excluding carboxylic acids is 2. The van der Waals surface area contributed by atoms with Crippen molar-refractivity contribution in [2.24, 2.45) is 0 Å². The molecule has 4 rings (SSSR count). The molecule has 1 atom stereocenters. The lowest BCUT2D eigenvalue weighted by Gasteiger charge is -2.28. The van der Waals surface area contributed by atoms with Crippen LogP contribution in [0.15, 0.2) is 42.7 Å². The molecular formula is C19H20N4O2S. The van der Waals surface area contributed by atoms with Crippen molar-refractivity contribution in [2.75, 3.05) is 13.1 Å². The van der Waals surface area contributed by atoms with Gasteiger partial charge in [-0.25, -0.2) is 4.98 Å². The van der Waals surface area contributed by atoms with Crippen molar-refractivity contribution in [1.82, 2.24) is 19.6 Å². The number of nitrogens with one attached hydrogen (secondary N) is 1. The number of aryl methyl sites for hydroxylation is 1. The average Bonchev–Trinajstić information content (AvgIpc) is 3.18. The van der Waals surface area contributed by atoms with Gasteiger partial charge in [0.2, 0.25) is 5.91 Å². The van der Waals surface area contributed by atoms with Gasteiger partial charge in [-0.3, -0.25) is 14.0 Å². The molecule has 1 fully saturated rings. The molecule has 0 bridgehead atoms. The third kappa shape index (κ3) is 2.99. The van der Waals surface area contributed by atoms with Crippen LogP contribution in [0.2, 0.25) is 0 Å². The lowest BCUT2D eigenvalue weighted by atomic mass is 10.0. The van der Waals surface area contributed by atoms with E-state index >= 15 is 0 Å². The fourth-order valence-electron chi connectivity index (χ4n) is 3.38. The molecule has 7 heteroatoms. The summed E-state index contributed by atoms with van der Waals surface area (Å²) in [7, 11) is 0. The van der Waals surface area contributed by atoms with Gasteiger partial charge in [-0.2, -0.15) is 0 Å². The number of fused-ring (bicyclic) bond motifs is 1. The second kappa shape index (κ2) is 6.92. The molecule has 6 nitrogen and oxygen atoms in total. The molecule has 1 aliphatic rings. The monoisotopic (exact) mass is 368 g/mol. The average molecular weight is 368 g/mol. The Bertz CT molecular complexity index is 947. The number of rotatable bonds is 3. The Labute approximate surface area is 155 Å². The van der Waals surface area contributed by atoms with Crippen LogP contribution < -0.4 is 5.32 Å². The van der Waals surface area contributed by atoms with E-state index < -0.39 is 6.04 Å². The van der Waals surface area contributed by atoms with Crippen molar-refractivity contribution in [3.05, 3.63) is 58.9 Å². The van der Waals surface area contributed by atoms with Gasteiger partial charge in [0.25, 0.3) is 5.91 Å². The fraction of sp³-hybridized carbons (Fsp3) is 0.316. The maximum absolute atomic E-state index is 13.3. The minimum absolute atomic E-state index is 0.0845. The Morgan fingerprint density at radius 1 is 1.35 bits per heavy atom. The van der Waals surface area contributed by atoms with Crippen LogP contribution in [0, 0.1) is 6.92 Å². The van der Waals surface area contributed by atoms with Crippen LogP contribution in [0.25, 0.3) is 4.96 Å². The van der Waals surface area contributed by atoms with Crippen molar-refractivity contribution in [1.29, 1.82) is 0 Å². The number of amides is 2. The molecule has 1 N–H and O–H groups in total. The summed E-state index contributed by atoms with van der Waals surface area (Å²) in [4.78, 5) is 33.4. The Balaban J connectivity index is 1.68. The minimum Gasteiger partial charge on any atom is -0.354 e. The molecule has 3 heterocycles. The fourth-order valence-corrected chi connectivity index (χ4v) is 4.43. The van der Waals surface area contributed by atoms with Crippen molar-refractivity contribution in [3.63, 3.8) is 0 Å². The van der Waals surface area contributed by atoms with Gasteiger partial charge in [0, 0.05) is 37.6 Å². The quantitative estimate of drug-likeness (QED) is 0.771. The smallest absolute Gasteiger partial charge is 0.266 e. The van der Waals surface area contributed by atoms with Gasteiger partial charge in [0.05, 0.1) is 0 Å². The highest BCUT2D eigenvalue weighted by Crippen LogP contribution is 2.25. The summed E-state index contributed by atoms with van der Waals surface area (Å²) in [5.41, 5.74) is 1.92. The van der Waals surface area contributed by atoms with Crippen LogP contribution in [0.1, 0.15) is 27.3 Å². The third-order valence-electron chi connectivity index (χ3n) is 4.77. The zero-order valence-electron chi connectivity index (χ0n) is 14.5. The first-order chi connectivity index (χ1) is 12.6. The van der Waals surface area contributed by atoms with Crippen LogP contribution in [0.5, 0.6) is 0 Å². The molecule has 134 valence electrons. The van der Waals surface area contributed by atoms with Gasteiger partial charge in [-0.1, -0.05) is 41.7 Å². The van der Waals surface area contributed by atoms with E-state index in [0.717, 1.165) is 22.6 Å². The summed E-state index contributed by atoms with van der Waals surface area (Å²) in [5, 5.41) is 2.94. The Morgan fingerprint density at radius 2 is 2.15 bits per heavy atom. The van der Waals surface area contributed by atoms with E-state index in [2.05, 4.69) is 10.3 Å². The highest BCUT2D eigenvalue weighted by atomic mass is 32.1. The maximum atomic E-state index is 13.3. The van der Waals surface area contributed by atoms with E-state index in [4.69, 9.17) is 0 Å². The van der Waals surface area contributed by atoms with Gasteiger partial charge in [-0.05, 0) is 18.9 Å². The van der Waals surface area contributed by atoms with Gasteiger partial charge >= 0.3 is 0 Å². The Hall–Kier alpha value is -2.67. The minimum atomic E-state index is -0.499.